The maximum atomic E-state index is 13.4. The van der Waals surface area contributed by atoms with Crippen LogP contribution >= 0.6 is 11.6 Å². The molecule has 4 heterocycles. The van der Waals surface area contributed by atoms with Gasteiger partial charge in [-0.25, -0.2) is 14.8 Å². The lowest BCUT2D eigenvalue weighted by Gasteiger charge is -2.34. The Labute approximate surface area is 187 Å². The number of hydrogen-bond donors (Lipinski definition) is 1. The molecule has 1 aromatic heterocycles. The summed E-state index contributed by atoms with van der Waals surface area (Å²) in [6.45, 7) is 3.57. The Morgan fingerprint density at radius 1 is 1.13 bits per heavy atom. The van der Waals surface area contributed by atoms with Gasteiger partial charge in [0.1, 0.15) is 0 Å². The molecule has 1 N–H and O–H groups in total. The van der Waals surface area contributed by atoms with E-state index in [1.165, 1.54) is 0 Å². The van der Waals surface area contributed by atoms with E-state index < -0.39 is 0 Å². The van der Waals surface area contributed by atoms with Gasteiger partial charge < -0.3 is 19.9 Å². The zero-order valence-electron chi connectivity index (χ0n) is 17.6. The molecule has 8 heteroatoms. The molecule has 7 nitrogen and oxygen atoms in total. The van der Waals surface area contributed by atoms with Gasteiger partial charge in [0.25, 0.3) is 0 Å². The summed E-state index contributed by atoms with van der Waals surface area (Å²) in [5, 5.41) is 4.16. The normalized spacial score (nSPS) is 21.8. The molecular weight excluding hydrogens is 414 g/mol. The van der Waals surface area contributed by atoms with Crippen LogP contribution in [0.5, 0.6) is 0 Å². The van der Waals surface area contributed by atoms with Crippen molar-refractivity contribution in [1.29, 1.82) is 0 Å². The molecule has 2 fully saturated rings. The number of likely N-dealkylation sites (tertiary alicyclic amines) is 1. The van der Waals surface area contributed by atoms with Crippen LogP contribution in [0.25, 0.3) is 0 Å². The molecule has 3 aliphatic heterocycles. The molecule has 1 unspecified atom stereocenters. The second kappa shape index (κ2) is 9.01. The molecule has 3 aliphatic rings. The van der Waals surface area contributed by atoms with Crippen molar-refractivity contribution in [1.82, 2.24) is 19.8 Å². The van der Waals surface area contributed by atoms with Gasteiger partial charge in [-0.05, 0) is 55.4 Å². The van der Waals surface area contributed by atoms with Crippen molar-refractivity contribution < 1.29 is 9.53 Å². The number of carbonyl (C=O) groups excluding carboxylic acids is 1. The fraction of sp³-hybridized carbons (Fsp3) is 0.522. The molecule has 2 amide bonds. The van der Waals surface area contributed by atoms with Crippen molar-refractivity contribution in [3.05, 3.63) is 52.3 Å². The Balaban J connectivity index is 1.28. The van der Waals surface area contributed by atoms with E-state index in [0.29, 0.717) is 25.1 Å². The monoisotopic (exact) mass is 441 g/mol. The number of anilines is 1. The smallest absolute Gasteiger partial charge is 0.320 e. The lowest BCUT2D eigenvalue weighted by molar-refractivity contribution is 0.0903. The average Bonchev–Trinajstić information content (AvgIpc) is 3.29. The number of hydrogen-bond acceptors (Lipinski definition) is 5. The number of aromatic nitrogens is 2. The number of halogens is 1. The summed E-state index contributed by atoms with van der Waals surface area (Å²) >= 11 is 6.05. The molecule has 0 saturated carbocycles. The van der Waals surface area contributed by atoms with E-state index in [0.717, 1.165) is 73.7 Å². The van der Waals surface area contributed by atoms with Gasteiger partial charge in [0, 0.05) is 43.6 Å². The van der Waals surface area contributed by atoms with Gasteiger partial charge in [0.05, 0.1) is 18.3 Å². The molecule has 164 valence electrons. The minimum atomic E-state index is 0.0978. The highest BCUT2D eigenvalue weighted by Crippen LogP contribution is 2.34. The first-order valence-electron chi connectivity index (χ1n) is 11.2. The van der Waals surface area contributed by atoms with Gasteiger partial charge in [0.15, 0.2) is 0 Å². The fourth-order valence-corrected chi connectivity index (χ4v) is 4.90. The molecule has 1 aromatic carbocycles. The van der Waals surface area contributed by atoms with Gasteiger partial charge in [-0.1, -0.05) is 23.7 Å². The van der Waals surface area contributed by atoms with Gasteiger partial charge in [0.2, 0.25) is 5.95 Å². The summed E-state index contributed by atoms with van der Waals surface area (Å²) in [7, 11) is 0. The molecule has 31 heavy (non-hydrogen) atoms. The summed E-state index contributed by atoms with van der Waals surface area (Å²) in [6, 6.07) is 8.43. The lowest BCUT2D eigenvalue weighted by Crippen LogP contribution is -2.45. The third-order valence-corrected chi connectivity index (χ3v) is 6.78. The Kier molecular flexibility index (Phi) is 5.96. The predicted molar refractivity (Wildman–Crippen MR) is 119 cm³/mol. The molecule has 1 atom stereocenters. The van der Waals surface area contributed by atoms with Crippen LogP contribution in [0, 0.1) is 0 Å². The number of nitrogens with one attached hydrogen (secondary N) is 1. The van der Waals surface area contributed by atoms with Crippen LogP contribution < -0.4 is 5.32 Å². The zero-order chi connectivity index (χ0) is 21.2. The first-order chi connectivity index (χ1) is 15.2. The number of urea groups is 1. The second-order valence-corrected chi connectivity index (χ2v) is 8.99. The maximum absolute atomic E-state index is 13.4. The SMILES string of the molecule is O=C(N1CCc2cnc(NC3CCOCC3)nc2C1)N1CCCC1c1ccc(Cl)cc1. The number of amides is 2. The summed E-state index contributed by atoms with van der Waals surface area (Å²) < 4.78 is 5.43. The fourth-order valence-electron chi connectivity index (χ4n) is 4.77. The third-order valence-electron chi connectivity index (χ3n) is 6.52. The molecule has 0 radical (unpaired) electrons. The van der Waals surface area contributed by atoms with Crippen molar-refractivity contribution >= 4 is 23.6 Å². The van der Waals surface area contributed by atoms with Gasteiger partial charge >= 0.3 is 6.03 Å². The average molecular weight is 442 g/mol. The Morgan fingerprint density at radius 2 is 1.94 bits per heavy atom. The summed E-state index contributed by atoms with van der Waals surface area (Å²) in [5.41, 5.74) is 3.24. The minimum Gasteiger partial charge on any atom is -0.381 e. The van der Waals surface area contributed by atoms with Crippen molar-refractivity contribution in [3.63, 3.8) is 0 Å². The number of fused-ring (bicyclic) bond motifs is 1. The van der Waals surface area contributed by atoms with Crippen molar-refractivity contribution in [2.24, 2.45) is 0 Å². The van der Waals surface area contributed by atoms with Crippen LogP contribution in [0.3, 0.4) is 0 Å². The van der Waals surface area contributed by atoms with E-state index in [9.17, 15) is 4.79 Å². The van der Waals surface area contributed by atoms with Gasteiger partial charge in [-0.3, -0.25) is 0 Å². The van der Waals surface area contributed by atoms with Crippen molar-refractivity contribution in [2.45, 2.75) is 50.7 Å². The summed E-state index contributed by atoms with van der Waals surface area (Å²) in [5.74, 6) is 0.653. The van der Waals surface area contributed by atoms with Crippen LogP contribution in [0.1, 0.15) is 48.5 Å². The molecule has 5 rings (SSSR count). The van der Waals surface area contributed by atoms with E-state index >= 15 is 0 Å². The molecule has 2 aromatic rings. The first kappa shape index (κ1) is 20.5. The first-order valence-corrected chi connectivity index (χ1v) is 11.6. The maximum Gasteiger partial charge on any atom is 0.320 e. The van der Waals surface area contributed by atoms with Crippen LogP contribution in [-0.4, -0.2) is 58.1 Å². The van der Waals surface area contributed by atoms with Crippen molar-refractivity contribution in [3.8, 4) is 0 Å². The number of rotatable bonds is 3. The summed E-state index contributed by atoms with van der Waals surface area (Å²) in [6.07, 6.45) is 6.64. The Morgan fingerprint density at radius 3 is 2.74 bits per heavy atom. The molecular formula is C23H28ClN5O2. The molecule has 2 saturated heterocycles. The molecule has 0 bridgehead atoms. The summed E-state index contributed by atoms with van der Waals surface area (Å²) in [4.78, 5) is 26.6. The Hall–Kier alpha value is -2.38. The Bertz CT molecular complexity index is 932. The number of ether oxygens (including phenoxy) is 1. The number of carbonyl (C=O) groups is 1. The second-order valence-electron chi connectivity index (χ2n) is 8.55. The highest BCUT2D eigenvalue weighted by Gasteiger charge is 2.34. The highest BCUT2D eigenvalue weighted by molar-refractivity contribution is 6.30. The third kappa shape index (κ3) is 4.48. The number of benzene rings is 1. The van der Waals surface area contributed by atoms with E-state index in [2.05, 4.69) is 10.3 Å². The largest absolute Gasteiger partial charge is 0.381 e. The van der Waals surface area contributed by atoms with E-state index in [-0.39, 0.29) is 12.1 Å². The minimum absolute atomic E-state index is 0.0978. The quantitative estimate of drug-likeness (QED) is 0.778. The van der Waals surface area contributed by atoms with E-state index in [1.54, 1.807) is 0 Å². The van der Waals surface area contributed by atoms with Crippen LogP contribution in [-0.2, 0) is 17.7 Å². The molecule has 0 aliphatic carbocycles. The molecule has 0 spiro atoms. The number of nitrogens with zero attached hydrogens (tertiary/aromatic N) is 4. The van der Waals surface area contributed by atoms with E-state index in [1.807, 2.05) is 40.3 Å². The van der Waals surface area contributed by atoms with Crippen LogP contribution in [0.2, 0.25) is 5.02 Å². The van der Waals surface area contributed by atoms with Crippen LogP contribution in [0.15, 0.2) is 30.5 Å². The topological polar surface area (TPSA) is 70.6 Å². The zero-order valence-corrected chi connectivity index (χ0v) is 18.4. The van der Waals surface area contributed by atoms with E-state index in [4.69, 9.17) is 21.3 Å². The standard InChI is InChI=1S/C23H28ClN5O2/c24-18-5-3-16(4-6-18)21-2-1-10-29(21)23(30)28-11-7-17-14-25-22(27-20(17)15-28)26-19-8-12-31-13-9-19/h3-6,14,19,21H,1-2,7-13,15H2,(H,25,26,27). The predicted octanol–water partition coefficient (Wildman–Crippen LogP) is 4.04. The van der Waals surface area contributed by atoms with Gasteiger partial charge in [-0.15, -0.1) is 0 Å². The van der Waals surface area contributed by atoms with Gasteiger partial charge in [-0.2, -0.15) is 0 Å². The van der Waals surface area contributed by atoms with Crippen molar-refractivity contribution in [2.75, 3.05) is 31.6 Å². The van der Waals surface area contributed by atoms with Crippen LogP contribution in [0.4, 0.5) is 10.7 Å². The lowest BCUT2D eigenvalue weighted by atomic mass is 10.0. The highest BCUT2D eigenvalue weighted by atomic mass is 35.5.